The lowest BCUT2D eigenvalue weighted by atomic mass is 9.98. The Bertz CT molecular complexity index is 634. The predicted molar refractivity (Wildman–Crippen MR) is 151 cm³/mol. The van der Waals surface area contributed by atoms with E-state index in [1.807, 2.05) is 0 Å². The average molecular weight is 543 g/mol. The van der Waals surface area contributed by atoms with Gasteiger partial charge in [-0.1, -0.05) is 90.2 Å². The summed E-state index contributed by atoms with van der Waals surface area (Å²) in [6, 6.07) is -0.791. The van der Waals surface area contributed by atoms with Gasteiger partial charge in [0.05, 0.1) is 0 Å². The van der Waals surface area contributed by atoms with Gasteiger partial charge in [-0.2, -0.15) is 0 Å². The third-order valence-corrected chi connectivity index (χ3v) is 6.23. The van der Waals surface area contributed by atoms with Crippen molar-refractivity contribution in [3.8, 4) is 0 Å². The molecule has 0 radical (unpaired) electrons. The topological polar surface area (TPSA) is 125 Å². The van der Waals surface area contributed by atoms with Gasteiger partial charge in [-0.15, -0.1) is 10.1 Å². The molecule has 222 valence electrons. The minimum Gasteiger partial charge on any atom is -0.459 e. The molecule has 2 atom stereocenters. The molecule has 0 heterocycles. The van der Waals surface area contributed by atoms with E-state index in [1.54, 1.807) is 0 Å². The number of carbonyl (C=O) groups is 3. The highest BCUT2D eigenvalue weighted by Gasteiger charge is 2.17. The first-order valence-electron chi connectivity index (χ1n) is 14.5. The highest BCUT2D eigenvalue weighted by molar-refractivity contribution is 5.78. The zero-order valence-electron chi connectivity index (χ0n) is 24.6. The molecule has 1 N–H and O–H groups in total. The molecule has 0 aromatic heterocycles. The average Bonchev–Trinajstić information content (AvgIpc) is 3.41. The van der Waals surface area contributed by atoms with Crippen LogP contribution in [-0.4, -0.2) is 42.0 Å². The molecule has 1 rings (SSSR count). The number of ether oxygens (including phenoxy) is 1. The van der Waals surface area contributed by atoms with Crippen molar-refractivity contribution in [3.63, 3.8) is 0 Å². The van der Waals surface area contributed by atoms with Gasteiger partial charge in [0.25, 0.3) is 5.09 Å². The van der Waals surface area contributed by atoms with Crippen molar-refractivity contribution in [2.24, 2.45) is 5.92 Å². The number of unbranched alkanes of at least 4 members (excludes halogenated alkanes) is 6. The monoisotopic (exact) mass is 542 g/mol. The Kier molecular flexibility index (Phi) is 27.4. The number of nitrogens with one attached hydrogen (secondary N) is 1. The van der Waals surface area contributed by atoms with E-state index >= 15 is 0 Å². The van der Waals surface area contributed by atoms with Crippen LogP contribution in [-0.2, 0) is 24.0 Å². The third-order valence-electron chi connectivity index (χ3n) is 6.23. The maximum Gasteiger partial charge on any atom is 0.328 e. The first-order chi connectivity index (χ1) is 18.2. The number of esters is 1. The molecule has 0 saturated heterocycles. The number of ketones is 1. The van der Waals surface area contributed by atoms with Crippen molar-refractivity contribution in [3.05, 3.63) is 22.3 Å². The number of Topliss-reactive ketones (excluding diaryl/α,β-unsaturated/α-hetero) is 1. The fourth-order valence-corrected chi connectivity index (χ4v) is 3.87. The van der Waals surface area contributed by atoms with Crippen LogP contribution < -0.4 is 5.32 Å². The highest BCUT2D eigenvalue weighted by atomic mass is 17.0. The van der Waals surface area contributed by atoms with E-state index in [-0.39, 0.29) is 6.61 Å². The molecule has 0 spiro atoms. The van der Waals surface area contributed by atoms with Crippen LogP contribution in [0.1, 0.15) is 131 Å². The molecule has 2 unspecified atom stereocenters. The Balaban J connectivity index is 0. The number of amides is 1. The summed E-state index contributed by atoms with van der Waals surface area (Å²) in [6.07, 6.45) is 22.6. The fraction of sp³-hybridized carbons (Fsp3) is 0.828. The summed E-state index contributed by atoms with van der Waals surface area (Å²) in [6.45, 7) is 9.03. The van der Waals surface area contributed by atoms with Crippen LogP contribution in [0.4, 0.5) is 0 Å². The molecular weight excluding hydrogens is 488 g/mol. The van der Waals surface area contributed by atoms with E-state index in [4.69, 9.17) is 4.74 Å². The molecule has 0 aromatic carbocycles. The minimum absolute atomic E-state index is 0.341. The molecule has 0 aromatic rings. The lowest BCUT2D eigenvalue weighted by Crippen LogP contribution is -2.37. The Morgan fingerprint density at radius 3 is 2.21 bits per heavy atom. The number of nitrogens with zero attached hydrogens (tertiary/aromatic N) is 1. The molecule has 1 aliphatic carbocycles. The van der Waals surface area contributed by atoms with Crippen molar-refractivity contribution in [2.75, 3.05) is 6.61 Å². The van der Waals surface area contributed by atoms with Gasteiger partial charge in [-0.05, 0) is 46.0 Å². The van der Waals surface area contributed by atoms with Crippen molar-refractivity contribution in [1.82, 2.24) is 5.32 Å². The number of allylic oxidation sites excluding steroid dienone is 2. The molecule has 1 amide bonds. The zero-order valence-corrected chi connectivity index (χ0v) is 24.6. The van der Waals surface area contributed by atoms with E-state index < -0.39 is 23.2 Å². The summed E-state index contributed by atoms with van der Waals surface area (Å²) in [5.74, 6) is 0.717. The molecule has 0 bridgehead atoms. The minimum atomic E-state index is -0.975. The summed E-state index contributed by atoms with van der Waals surface area (Å²) in [4.78, 5) is 46.5. The Labute approximate surface area is 230 Å². The first-order valence-corrected chi connectivity index (χ1v) is 14.5. The SMILES string of the molecule is C/C=C\CCCC.CC(CO[N+](=O)[O-])OC(=O)C(C)NC=O.CCCCCCCC(=O)CCC1CCCC1. The second-order valence-electron chi connectivity index (χ2n) is 9.88. The molecular formula is C29H54N2O7. The quantitative estimate of drug-likeness (QED) is 0.0470. The van der Waals surface area contributed by atoms with Gasteiger partial charge in [0, 0.05) is 12.8 Å². The van der Waals surface area contributed by atoms with Gasteiger partial charge >= 0.3 is 5.97 Å². The van der Waals surface area contributed by atoms with Crippen molar-refractivity contribution in [2.45, 2.75) is 143 Å². The molecule has 1 saturated carbocycles. The predicted octanol–water partition coefficient (Wildman–Crippen LogP) is 6.90. The lowest BCUT2D eigenvalue weighted by Gasteiger charge is -2.15. The number of hydrogen-bond acceptors (Lipinski definition) is 7. The van der Waals surface area contributed by atoms with Crippen molar-refractivity contribution < 1.29 is 29.0 Å². The summed E-state index contributed by atoms with van der Waals surface area (Å²) in [5, 5.41) is 11.0. The normalized spacial score (nSPS) is 14.3. The van der Waals surface area contributed by atoms with Gasteiger partial charge in [-0.3, -0.25) is 9.59 Å². The van der Waals surface area contributed by atoms with E-state index in [9.17, 15) is 24.5 Å². The highest BCUT2D eigenvalue weighted by Crippen LogP contribution is 2.28. The zero-order chi connectivity index (χ0) is 29.0. The van der Waals surface area contributed by atoms with Crippen LogP contribution >= 0.6 is 0 Å². The fourth-order valence-electron chi connectivity index (χ4n) is 3.87. The number of hydrogen-bond donors (Lipinski definition) is 1. The van der Waals surface area contributed by atoms with Gasteiger partial charge in [0.1, 0.15) is 24.5 Å². The maximum atomic E-state index is 11.6. The van der Waals surface area contributed by atoms with Crippen LogP contribution in [0.3, 0.4) is 0 Å². The first kappa shape index (κ1) is 37.7. The van der Waals surface area contributed by atoms with Gasteiger partial charge in [0.2, 0.25) is 6.41 Å². The second-order valence-corrected chi connectivity index (χ2v) is 9.88. The van der Waals surface area contributed by atoms with Gasteiger partial charge in [0.15, 0.2) is 0 Å². The molecule has 1 aliphatic rings. The van der Waals surface area contributed by atoms with Crippen LogP contribution in [0.5, 0.6) is 0 Å². The van der Waals surface area contributed by atoms with Gasteiger partial charge < -0.3 is 14.9 Å². The van der Waals surface area contributed by atoms with Crippen LogP contribution in [0.25, 0.3) is 0 Å². The molecule has 9 heteroatoms. The summed E-state index contributed by atoms with van der Waals surface area (Å²) >= 11 is 0. The van der Waals surface area contributed by atoms with Crippen molar-refractivity contribution in [1.29, 1.82) is 0 Å². The lowest BCUT2D eigenvalue weighted by molar-refractivity contribution is -0.759. The van der Waals surface area contributed by atoms with E-state index in [0.717, 1.165) is 25.2 Å². The number of carbonyl (C=O) groups excluding carboxylic acids is 3. The van der Waals surface area contributed by atoms with E-state index in [1.165, 1.54) is 90.9 Å². The summed E-state index contributed by atoms with van der Waals surface area (Å²) in [7, 11) is 0. The summed E-state index contributed by atoms with van der Waals surface area (Å²) < 4.78 is 4.73. The van der Waals surface area contributed by atoms with E-state index in [2.05, 4.69) is 43.1 Å². The molecule has 1 fully saturated rings. The van der Waals surface area contributed by atoms with E-state index in [0.29, 0.717) is 12.2 Å². The molecule has 38 heavy (non-hydrogen) atoms. The standard InChI is InChI=1S/C15H28O.C7H12N2O6.C7H14/c1-2-3-4-5-6-11-15(16)13-12-14-9-7-8-10-14;1-5(3-14-9(12)13)15-7(11)6(2)8-4-10;1-3-5-7-6-4-2/h14H,2-13H2,1H3;4-6H,3H2,1-2H3,(H,8,10);3,5H,4,6-7H2,1-2H3/b;;5-3-. The van der Waals surface area contributed by atoms with Crippen LogP contribution in [0.2, 0.25) is 0 Å². The smallest absolute Gasteiger partial charge is 0.328 e. The van der Waals surface area contributed by atoms with Crippen LogP contribution in [0, 0.1) is 16.0 Å². The van der Waals surface area contributed by atoms with Crippen molar-refractivity contribution >= 4 is 18.2 Å². The number of rotatable bonds is 19. The largest absolute Gasteiger partial charge is 0.459 e. The molecule has 9 nitrogen and oxygen atoms in total. The Hall–Kier alpha value is -2.45. The van der Waals surface area contributed by atoms with Gasteiger partial charge in [-0.25, -0.2) is 4.79 Å². The maximum absolute atomic E-state index is 11.6. The Morgan fingerprint density at radius 2 is 1.66 bits per heavy atom. The Morgan fingerprint density at radius 1 is 1.03 bits per heavy atom. The third kappa shape index (κ3) is 26.6. The molecule has 0 aliphatic heterocycles. The van der Waals surface area contributed by atoms with Crippen LogP contribution in [0.15, 0.2) is 12.2 Å². The summed E-state index contributed by atoms with van der Waals surface area (Å²) in [5.41, 5.74) is 0. The second kappa shape index (κ2) is 27.6.